The van der Waals surface area contributed by atoms with Gasteiger partial charge in [0.15, 0.2) is 0 Å². The largest absolute Gasteiger partial charge is 0.340 e. The van der Waals surface area contributed by atoms with E-state index in [0.29, 0.717) is 34.5 Å². The second-order valence-corrected chi connectivity index (χ2v) is 12.5. The molecule has 3 aromatic carbocycles. The Morgan fingerprint density at radius 3 is 2.54 bits per heavy atom. The molecule has 202 valence electrons. The minimum absolute atomic E-state index is 0.0977. The summed E-state index contributed by atoms with van der Waals surface area (Å²) < 4.78 is 29.8. The number of benzene rings is 3. The molecule has 0 unspecified atom stereocenters. The number of hydrogen-bond acceptors (Lipinski definition) is 4. The van der Waals surface area contributed by atoms with Crippen LogP contribution in [-0.2, 0) is 21.4 Å². The van der Waals surface area contributed by atoms with Gasteiger partial charge in [-0.3, -0.25) is 4.79 Å². The van der Waals surface area contributed by atoms with Gasteiger partial charge in [0.1, 0.15) is 6.04 Å². The number of nitrogens with one attached hydrogen (secondary N) is 1. The zero-order chi connectivity index (χ0) is 27.7. The highest BCUT2D eigenvalue weighted by Gasteiger charge is 2.39. The Morgan fingerprint density at radius 2 is 1.79 bits per heavy atom. The second-order valence-electron chi connectivity index (χ2n) is 9.31. The number of nitrogens with zero attached hydrogens (tertiary/aromatic N) is 3. The Balaban J connectivity index is 1.36. The molecule has 0 aliphatic carbocycles. The van der Waals surface area contributed by atoms with Gasteiger partial charge >= 0.3 is 0 Å². The number of para-hydroxylation sites is 1. The minimum atomic E-state index is -3.85. The molecule has 4 aromatic rings. The summed E-state index contributed by atoms with van der Waals surface area (Å²) >= 11 is 18.2. The summed E-state index contributed by atoms with van der Waals surface area (Å²) in [5.41, 5.74) is 6.36. The van der Waals surface area contributed by atoms with Crippen LogP contribution in [-0.4, -0.2) is 42.0 Å². The molecule has 1 N–H and O–H groups in total. The van der Waals surface area contributed by atoms with Gasteiger partial charge in [-0.05, 0) is 67.8 Å². The van der Waals surface area contributed by atoms with E-state index in [9.17, 15) is 13.2 Å². The predicted molar refractivity (Wildman–Crippen MR) is 156 cm³/mol. The lowest BCUT2D eigenvalue weighted by atomic mass is 10.1. The van der Waals surface area contributed by atoms with E-state index in [4.69, 9.17) is 34.8 Å². The number of rotatable bonds is 7. The molecule has 5 rings (SSSR count). The number of sulfonamides is 1. The molecule has 1 saturated heterocycles. The van der Waals surface area contributed by atoms with Crippen molar-refractivity contribution in [2.75, 3.05) is 6.54 Å². The SMILES string of the molecule is Cc1c(/C=N\NC(=O)[C@H]2CCCN2S(=O)(=O)c2ccc(Cl)cc2)c2ccccc2n1Cc1ccc(Cl)c(Cl)c1. The second kappa shape index (κ2) is 11.3. The summed E-state index contributed by atoms with van der Waals surface area (Å²) in [7, 11) is -3.85. The molecule has 39 heavy (non-hydrogen) atoms. The average molecular weight is 604 g/mol. The molecule has 2 heterocycles. The molecule has 1 aromatic heterocycles. The molecule has 0 saturated carbocycles. The first-order valence-corrected chi connectivity index (χ1v) is 14.9. The Kier molecular flexibility index (Phi) is 8.03. The zero-order valence-electron chi connectivity index (χ0n) is 20.9. The maximum atomic E-state index is 13.2. The first-order chi connectivity index (χ1) is 18.7. The van der Waals surface area contributed by atoms with E-state index < -0.39 is 22.0 Å². The number of carbonyl (C=O) groups excluding carboxylic acids is 1. The lowest BCUT2D eigenvalue weighted by Crippen LogP contribution is -2.44. The minimum Gasteiger partial charge on any atom is -0.340 e. The quantitative estimate of drug-likeness (QED) is 0.200. The standard InChI is InChI=1S/C28H25Cl3N4O3S/c1-18-23(22-5-2-3-6-26(22)34(18)17-19-8-13-24(30)25(31)15-19)16-32-33-28(36)27-7-4-14-35(27)39(37,38)21-11-9-20(29)10-12-21/h2-3,5-6,8-13,15-16,27H,4,7,14,17H2,1H3,(H,33,36)/b32-16-/t27-/m1/s1. The third kappa shape index (κ3) is 5.58. The fourth-order valence-corrected chi connectivity index (χ4v) is 7.01. The number of halogens is 3. The van der Waals surface area contributed by atoms with Crippen LogP contribution in [0.25, 0.3) is 10.9 Å². The van der Waals surface area contributed by atoms with Crippen LogP contribution >= 0.6 is 34.8 Å². The van der Waals surface area contributed by atoms with Crippen LogP contribution < -0.4 is 5.43 Å². The van der Waals surface area contributed by atoms with Crippen molar-refractivity contribution in [1.29, 1.82) is 0 Å². The van der Waals surface area contributed by atoms with Gasteiger partial charge in [0.2, 0.25) is 10.0 Å². The fourth-order valence-electron chi connectivity index (χ4n) is 4.91. The summed E-state index contributed by atoms with van der Waals surface area (Å²) in [5.74, 6) is -0.474. The number of aromatic nitrogens is 1. The smallest absolute Gasteiger partial charge is 0.258 e. The van der Waals surface area contributed by atoms with E-state index in [-0.39, 0.29) is 11.4 Å². The van der Waals surface area contributed by atoms with E-state index in [1.807, 2.05) is 43.3 Å². The van der Waals surface area contributed by atoms with Crippen LogP contribution in [0.15, 0.2) is 76.7 Å². The molecule has 0 spiro atoms. The van der Waals surface area contributed by atoms with Gasteiger partial charge < -0.3 is 4.57 Å². The van der Waals surface area contributed by atoms with E-state index in [0.717, 1.165) is 27.7 Å². The van der Waals surface area contributed by atoms with Crippen molar-refractivity contribution in [3.8, 4) is 0 Å². The zero-order valence-corrected chi connectivity index (χ0v) is 24.0. The van der Waals surface area contributed by atoms with Crippen molar-refractivity contribution >= 4 is 67.9 Å². The van der Waals surface area contributed by atoms with Crippen molar-refractivity contribution in [3.05, 3.63) is 98.6 Å². The molecule has 1 aliphatic rings. The lowest BCUT2D eigenvalue weighted by molar-refractivity contribution is -0.124. The topological polar surface area (TPSA) is 83.8 Å². The van der Waals surface area contributed by atoms with Crippen LogP contribution in [0.3, 0.4) is 0 Å². The summed E-state index contributed by atoms with van der Waals surface area (Å²) in [4.78, 5) is 13.1. The summed E-state index contributed by atoms with van der Waals surface area (Å²) in [6.45, 7) is 2.81. The summed E-state index contributed by atoms with van der Waals surface area (Å²) in [6.07, 6.45) is 2.60. The molecule has 1 fully saturated rings. The monoisotopic (exact) mass is 602 g/mol. The van der Waals surface area contributed by atoms with Crippen LogP contribution in [0.1, 0.15) is 29.7 Å². The maximum Gasteiger partial charge on any atom is 0.258 e. The number of hydrogen-bond donors (Lipinski definition) is 1. The van der Waals surface area contributed by atoms with Gasteiger partial charge in [-0.2, -0.15) is 9.41 Å². The molecular formula is C28H25Cl3N4O3S. The molecule has 1 amide bonds. The highest BCUT2D eigenvalue weighted by atomic mass is 35.5. The van der Waals surface area contributed by atoms with Crippen LogP contribution in [0.4, 0.5) is 0 Å². The molecular weight excluding hydrogens is 579 g/mol. The average Bonchev–Trinajstić information content (AvgIpc) is 3.52. The Bertz CT molecular complexity index is 1680. The third-order valence-corrected chi connectivity index (χ3v) is 9.81. The Morgan fingerprint density at radius 1 is 1.05 bits per heavy atom. The van der Waals surface area contributed by atoms with Gasteiger partial charge in [0.25, 0.3) is 5.91 Å². The Hall–Kier alpha value is -2.88. The van der Waals surface area contributed by atoms with Crippen LogP contribution in [0.5, 0.6) is 0 Å². The van der Waals surface area contributed by atoms with Crippen LogP contribution in [0, 0.1) is 6.92 Å². The van der Waals surface area contributed by atoms with Gasteiger partial charge in [-0.25, -0.2) is 13.8 Å². The van der Waals surface area contributed by atoms with Crippen molar-refractivity contribution < 1.29 is 13.2 Å². The molecule has 0 bridgehead atoms. The first-order valence-electron chi connectivity index (χ1n) is 12.3. The van der Waals surface area contributed by atoms with E-state index in [1.54, 1.807) is 12.3 Å². The van der Waals surface area contributed by atoms with Crippen molar-refractivity contribution in [2.45, 2.75) is 37.2 Å². The number of amides is 1. The lowest BCUT2D eigenvalue weighted by Gasteiger charge is -2.22. The van der Waals surface area contributed by atoms with E-state index in [2.05, 4.69) is 15.1 Å². The molecule has 1 aliphatic heterocycles. The summed E-state index contributed by atoms with van der Waals surface area (Å²) in [5, 5.41) is 6.63. The van der Waals surface area contributed by atoms with Gasteiger partial charge in [-0.15, -0.1) is 0 Å². The highest BCUT2D eigenvalue weighted by molar-refractivity contribution is 7.89. The fraction of sp³-hybridized carbons (Fsp3) is 0.214. The van der Waals surface area contributed by atoms with Gasteiger partial charge in [0.05, 0.1) is 21.2 Å². The number of carbonyl (C=O) groups is 1. The normalized spacial score (nSPS) is 16.4. The molecule has 1 atom stereocenters. The molecule has 0 radical (unpaired) electrons. The van der Waals surface area contributed by atoms with Gasteiger partial charge in [-0.1, -0.05) is 59.1 Å². The predicted octanol–water partition coefficient (Wildman–Crippen LogP) is 6.26. The molecule has 11 heteroatoms. The van der Waals surface area contributed by atoms with Crippen molar-refractivity contribution in [1.82, 2.24) is 14.3 Å². The number of fused-ring (bicyclic) bond motifs is 1. The summed E-state index contributed by atoms with van der Waals surface area (Å²) in [6, 6.07) is 18.6. The van der Waals surface area contributed by atoms with E-state index >= 15 is 0 Å². The van der Waals surface area contributed by atoms with Crippen molar-refractivity contribution in [2.24, 2.45) is 5.10 Å². The maximum absolute atomic E-state index is 13.2. The third-order valence-electron chi connectivity index (χ3n) is 6.90. The molecule has 7 nitrogen and oxygen atoms in total. The van der Waals surface area contributed by atoms with E-state index in [1.165, 1.54) is 28.6 Å². The van der Waals surface area contributed by atoms with Crippen molar-refractivity contribution in [3.63, 3.8) is 0 Å². The van der Waals surface area contributed by atoms with Gasteiger partial charge in [0, 0.05) is 40.3 Å². The Labute approximate surface area is 242 Å². The number of hydrazone groups is 1. The highest BCUT2D eigenvalue weighted by Crippen LogP contribution is 2.29. The first kappa shape index (κ1) is 27.7. The van der Waals surface area contributed by atoms with Crippen LogP contribution in [0.2, 0.25) is 15.1 Å².